The first kappa shape index (κ1) is 12.1. The SMILES string of the molecule is O=C(O)c1ccc(S(=O)(=O)O)c([N+](=O)[O-])c1. The molecule has 0 aromatic heterocycles. The van der Waals surface area contributed by atoms with Crippen molar-refractivity contribution in [1.82, 2.24) is 0 Å². The average Bonchev–Trinajstić information content (AvgIpc) is 2.15. The van der Waals surface area contributed by atoms with Gasteiger partial charge in [0.25, 0.3) is 5.69 Å². The summed E-state index contributed by atoms with van der Waals surface area (Å²) < 4.78 is 30.2. The van der Waals surface area contributed by atoms with Gasteiger partial charge >= 0.3 is 16.1 Å². The number of hydrogen-bond acceptors (Lipinski definition) is 5. The summed E-state index contributed by atoms with van der Waals surface area (Å²) >= 11 is 0. The molecule has 0 amide bonds. The predicted molar refractivity (Wildman–Crippen MR) is 49.9 cm³/mol. The number of nitro groups is 1. The van der Waals surface area contributed by atoms with E-state index in [1.807, 2.05) is 0 Å². The monoisotopic (exact) mass is 247 g/mol. The van der Waals surface area contributed by atoms with Gasteiger partial charge < -0.3 is 5.11 Å². The second-order valence-corrected chi connectivity index (χ2v) is 4.11. The lowest BCUT2D eigenvalue weighted by Crippen LogP contribution is -2.05. The lowest BCUT2D eigenvalue weighted by atomic mass is 10.2. The van der Waals surface area contributed by atoms with Gasteiger partial charge in [-0.1, -0.05) is 0 Å². The molecule has 0 aliphatic rings. The highest BCUT2D eigenvalue weighted by atomic mass is 32.2. The van der Waals surface area contributed by atoms with Gasteiger partial charge in [0.2, 0.25) is 0 Å². The molecule has 16 heavy (non-hydrogen) atoms. The number of rotatable bonds is 3. The predicted octanol–water partition coefficient (Wildman–Crippen LogP) is 0.540. The second-order valence-electron chi connectivity index (χ2n) is 2.72. The molecule has 0 spiro atoms. The summed E-state index contributed by atoms with van der Waals surface area (Å²) in [6.07, 6.45) is 0. The zero-order valence-electron chi connectivity index (χ0n) is 7.52. The number of nitro benzene ring substituents is 1. The highest BCUT2D eigenvalue weighted by molar-refractivity contribution is 7.86. The number of aromatic carboxylic acids is 1. The van der Waals surface area contributed by atoms with E-state index in [0.29, 0.717) is 12.1 Å². The summed E-state index contributed by atoms with van der Waals surface area (Å²) in [5, 5.41) is 19.0. The molecule has 0 unspecified atom stereocenters. The summed E-state index contributed by atoms with van der Waals surface area (Å²) in [7, 11) is -4.76. The van der Waals surface area contributed by atoms with Crippen molar-refractivity contribution < 1.29 is 27.8 Å². The van der Waals surface area contributed by atoms with Crippen LogP contribution in [0.4, 0.5) is 5.69 Å². The smallest absolute Gasteiger partial charge is 0.335 e. The summed E-state index contributed by atoms with van der Waals surface area (Å²) in [5.74, 6) is -1.44. The molecular formula is C7H5NO7S. The third-order valence-electron chi connectivity index (χ3n) is 1.68. The van der Waals surface area contributed by atoms with Crippen LogP contribution in [0, 0.1) is 10.1 Å². The van der Waals surface area contributed by atoms with Crippen molar-refractivity contribution in [2.24, 2.45) is 0 Å². The fourth-order valence-corrected chi connectivity index (χ4v) is 1.65. The van der Waals surface area contributed by atoms with Gasteiger partial charge in [-0.3, -0.25) is 14.7 Å². The molecule has 0 fully saturated rings. The van der Waals surface area contributed by atoms with Crippen molar-refractivity contribution in [2.45, 2.75) is 4.90 Å². The third-order valence-corrected chi connectivity index (χ3v) is 2.58. The normalized spacial score (nSPS) is 11.1. The van der Waals surface area contributed by atoms with Crippen LogP contribution < -0.4 is 0 Å². The minimum atomic E-state index is -4.76. The van der Waals surface area contributed by atoms with Crippen LogP contribution in [0.3, 0.4) is 0 Å². The van der Waals surface area contributed by atoms with Crippen LogP contribution in [0.15, 0.2) is 23.1 Å². The number of hydrogen-bond donors (Lipinski definition) is 2. The maximum absolute atomic E-state index is 10.7. The van der Waals surface area contributed by atoms with Crippen LogP contribution >= 0.6 is 0 Å². The lowest BCUT2D eigenvalue weighted by molar-refractivity contribution is -0.387. The van der Waals surface area contributed by atoms with Gasteiger partial charge in [-0.15, -0.1) is 0 Å². The van der Waals surface area contributed by atoms with Crippen LogP contribution in [0.2, 0.25) is 0 Å². The van der Waals surface area contributed by atoms with E-state index in [0.717, 1.165) is 6.07 Å². The summed E-state index contributed by atoms with van der Waals surface area (Å²) in [6.45, 7) is 0. The van der Waals surface area contributed by atoms with Crippen LogP contribution in [0.25, 0.3) is 0 Å². The Morgan fingerprint density at radius 3 is 2.31 bits per heavy atom. The van der Waals surface area contributed by atoms with Gasteiger partial charge in [0.1, 0.15) is 0 Å². The quantitative estimate of drug-likeness (QED) is 0.452. The number of carbonyl (C=O) groups is 1. The topological polar surface area (TPSA) is 135 Å². The van der Waals surface area contributed by atoms with E-state index < -0.39 is 37.2 Å². The van der Waals surface area contributed by atoms with E-state index in [2.05, 4.69) is 0 Å². The van der Waals surface area contributed by atoms with Crippen LogP contribution in [0.5, 0.6) is 0 Å². The largest absolute Gasteiger partial charge is 0.478 e. The highest BCUT2D eigenvalue weighted by Gasteiger charge is 2.25. The van der Waals surface area contributed by atoms with Gasteiger partial charge in [-0.05, 0) is 12.1 Å². The maximum Gasteiger partial charge on any atom is 0.335 e. The third kappa shape index (κ3) is 2.32. The van der Waals surface area contributed by atoms with Gasteiger partial charge in [0.05, 0.1) is 10.5 Å². The van der Waals surface area contributed by atoms with Crippen molar-refractivity contribution in [1.29, 1.82) is 0 Å². The molecule has 0 bridgehead atoms. The van der Waals surface area contributed by atoms with Crippen molar-refractivity contribution in [3.8, 4) is 0 Å². The van der Waals surface area contributed by atoms with Gasteiger partial charge in [0.15, 0.2) is 4.90 Å². The standard InChI is InChI=1S/C7H5NO7S/c9-7(10)4-1-2-6(16(13,14)15)5(3-4)8(11)12/h1-3H,(H,9,10)(H,13,14,15). The van der Waals surface area contributed by atoms with Gasteiger partial charge in [-0.2, -0.15) is 8.42 Å². The molecule has 0 atom stereocenters. The van der Waals surface area contributed by atoms with Gasteiger partial charge in [0, 0.05) is 6.07 Å². The Hall–Kier alpha value is -2.00. The molecule has 8 nitrogen and oxygen atoms in total. The Morgan fingerprint density at radius 2 is 1.94 bits per heavy atom. The first-order valence-corrected chi connectivity index (χ1v) is 5.16. The van der Waals surface area contributed by atoms with Gasteiger partial charge in [-0.25, -0.2) is 4.79 Å². The van der Waals surface area contributed by atoms with E-state index in [1.165, 1.54) is 0 Å². The number of benzene rings is 1. The number of carboxylic acid groups (broad SMARTS) is 1. The highest BCUT2D eigenvalue weighted by Crippen LogP contribution is 2.24. The molecule has 1 aromatic rings. The van der Waals surface area contributed by atoms with E-state index in [9.17, 15) is 23.3 Å². The van der Waals surface area contributed by atoms with E-state index in [1.54, 1.807) is 0 Å². The Labute approximate surface area is 89.0 Å². The fourth-order valence-electron chi connectivity index (χ4n) is 1.01. The molecule has 1 aromatic carbocycles. The summed E-state index contributed by atoms with van der Waals surface area (Å²) in [6, 6.07) is 2.07. The molecule has 86 valence electrons. The number of nitrogens with zero attached hydrogens (tertiary/aromatic N) is 1. The lowest BCUT2D eigenvalue weighted by Gasteiger charge is -2.00. The molecule has 0 radical (unpaired) electrons. The Morgan fingerprint density at radius 1 is 1.38 bits per heavy atom. The number of carboxylic acids is 1. The Bertz CT molecular complexity index is 562. The molecule has 0 saturated carbocycles. The summed E-state index contributed by atoms with van der Waals surface area (Å²) in [5.41, 5.74) is -1.43. The molecule has 0 saturated heterocycles. The van der Waals surface area contributed by atoms with Crippen molar-refractivity contribution in [3.05, 3.63) is 33.9 Å². The summed E-state index contributed by atoms with van der Waals surface area (Å²) in [4.78, 5) is 19.0. The van der Waals surface area contributed by atoms with Crippen molar-refractivity contribution in [3.63, 3.8) is 0 Å². The van der Waals surface area contributed by atoms with E-state index in [-0.39, 0.29) is 0 Å². The molecular weight excluding hydrogens is 242 g/mol. The Balaban J connectivity index is 3.55. The van der Waals surface area contributed by atoms with Crippen LogP contribution in [-0.4, -0.2) is 29.0 Å². The second kappa shape index (κ2) is 3.87. The first-order chi connectivity index (χ1) is 7.23. The molecule has 9 heteroatoms. The molecule has 1 rings (SSSR count). The zero-order valence-corrected chi connectivity index (χ0v) is 8.34. The first-order valence-electron chi connectivity index (χ1n) is 3.72. The Kier molecular flexibility index (Phi) is 2.92. The van der Waals surface area contributed by atoms with E-state index in [4.69, 9.17) is 9.66 Å². The fraction of sp³-hybridized carbons (Fsp3) is 0. The molecule has 0 heterocycles. The molecule has 0 aliphatic heterocycles. The van der Waals surface area contributed by atoms with Crippen LogP contribution in [0.1, 0.15) is 10.4 Å². The van der Waals surface area contributed by atoms with E-state index >= 15 is 0 Å². The molecule has 0 aliphatic carbocycles. The zero-order chi connectivity index (χ0) is 12.5. The van der Waals surface area contributed by atoms with Crippen LogP contribution in [-0.2, 0) is 10.1 Å². The maximum atomic E-state index is 10.7. The van der Waals surface area contributed by atoms with Crippen molar-refractivity contribution in [2.75, 3.05) is 0 Å². The minimum absolute atomic E-state index is 0.445. The van der Waals surface area contributed by atoms with Crippen molar-refractivity contribution >= 4 is 21.8 Å². The molecule has 2 N–H and O–H groups in total. The minimum Gasteiger partial charge on any atom is -0.478 e. The average molecular weight is 247 g/mol.